The molecule has 0 saturated carbocycles. The van der Waals surface area contributed by atoms with Crippen molar-refractivity contribution >= 4 is 11.9 Å². The summed E-state index contributed by atoms with van der Waals surface area (Å²) in [5, 5.41) is 18.7. The predicted octanol–water partition coefficient (Wildman–Crippen LogP) is 5.91. The summed E-state index contributed by atoms with van der Waals surface area (Å²) < 4.78 is 36.4. The highest BCUT2D eigenvalue weighted by Gasteiger charge is 2.34. The molecule has 2 heterocycles. The summed E-state index contributed by atoms with van der Waals surface area (Å²) in [6.45, 7) is 19.6. The number of phenolic OH excluding ortho intramolecular Hbond substituents is 2. The number of ether oxygens (including phenoxy) is 4. The van der Waals surface area contributed by atoms with Crippen LogP contribution in [0.2, 0.25) is 0 Å². The number of aromatic hydroxyl groups is 2. The zero-order valence-electron chi connectivity index (χ0n) is 29.2. The van der Waals surface area contributed by atoms with Gasteiger partial charge in [-0.25, -0.2) is 4.39 Å². The van der Waals surface area contributed by atoms with Crippen LogP contribution < -0.4 is 0 Å². The molecule has 10 nitrogen and oxygen atoms in total. The molecule has 0 bridgehead atoms. The summed E-state index contributed by atoms with van der Waals surface area (Å²) in [6.07, 6.45) is 0.188. The highest BCUT2D eigenvalue weighted by Crippen LogP contribution is 2.32. The van der Waals surface area contributed by atoms with Crippen LogP contribution in [0, 0.1) is 5.82 Å². The molecule has 2 aliphatic rings. The van der Waals surface area contributed by atoms with Crippen molar-refractivity contribution in [1.82, 2.24) is 9.80 Å². The van der Waals surface area contributed by atoms with Crippen LogP contribution in [-0.4, -0.2) is 94.6 Å². The number of hydrogen-bond donors (Lipinski definition) is 2. The van der Waals surface area contributed by atoms with E-state index < -0.39 is 23.1 Å². The molecule has 4 rings (SSSR count). The third-order valence-corrected chi connectivity index (χ3v) is 7.34. The molecule has 2 aromatic carbocycles. The van der Waals surface area contributed by atoms with E-state index in [0.29, 0.717) is 51.2 Å². The highest BCUT2D eigenvalue weighted by atomic mass is 19.1. The molecule has 0 radical (unpaired) electrons. The van der Waals surface area contributed by atoms with E-state index in [1.54, 1.807) is 12.1 Å². The minimum absolute atomic E-state index is 0.0759. The van der Waals surface area contributed by atoms with Gasteiger partial charge in [-0.05, 0) is 85.2 Å². The van der Waals surface area contributed by atoms with E-state index >= 15 is 0 Å². The molecular weight excluding hydrogens is 607 g/mol. The molecule has 0 aromatic heterocycles. The Kier molecular flexibility index (Phi) is 13.2. The van der Waals surface area contributed by atoms with Crippen LogP contribution >= 0.6 is 0 Å². The van der Waals surface area contributed by atoms with Gasteiger partial charge in [0.25, 0.3) is 0 Å². The molecule has 2 fully saturated rings. The fraction of sp³-hybridized carbons (Fsp3) is 0.611. The average Bonchev–Trinajstić information content (AvgIpc) is 2.93. The summed E-state index contributed by atoms with van der Waals surface area (Å²) >= 11 is 0. The quantitative estimate of drug-likeness (QED) is 0.331. The number of halogens is 1. The van der Waals surface area contributed by atoms with Gasteiger partial charge in [-0.1, -0.05) is 12.1 Å². The average molecular weight is 661 g/mol. The predicted molar refractivity (Wildman–Crippen MR) is 177 cm³/mol. The second-order valence-corrected chi connectivity index (χ2v) is 14.7. The number of benzene rings is 2. The number of phenols is 2. The van der Waals surface area contributed by atoms with Crippen LogP contribution in [0.4, 0.5) is 4.39 Å². The highest BCUT2D eigenvalue weighted by molar-refractivity contribution is 5.70. The number of rotatable bonds is 8. The first-order valence-electron chi connectivity index (χ1n) is 16.2. The van der Waals surface area contributed by atoms with Crippen LogP contribution in [0.25, 0.3) is 0 Å². The van der Waals surface area contributed by atoms with E-state index in [0.717, 1.165) is 24.7 Å². The molecule has 0 aliphatic carbocycles. The van der Waals surface area contributed by atoms with Crippen LogP contribution in [0.1, 0.15) is 91.6 Å². The third-order valence-electron chi connectivity index (χ3n) is 7.34. The number of carbonyl (C=O) groups excluding carboxylic acids is 2. The molecule has 47 heavy (non-hydrogen) atoms. The summed E-state index contributed by atoms with van der Waals surface area (Å²) in [5.74, 6) is -0.757. The van der Waals surface area contributed by atoms with Crippen molar-refractivity contribution in [3.63, 3.8) is 0 Å². The fourth-order valence-electron chi connectivity index (χ4n) is 5.48. The second kappa shape index (κ2) is 16.2. The van der Waals surface area contributed by atoms with Crippen molar-refractivity contribution in [1.29, 1.82) is 0 Å². The molecule has 0 spiro atoms. The first kappa shape index (κ1) is 38.2. The van der Waals surface area contributed by atoms with Crippen molar-refractivity contribution in [2.75, 3.05) is 45.9 Å². The van der Waals surface area contributed by atoms with Crippen molar-refractivity contribution in [3.8, 4) is 11.5 Å². The van der Waals surface area contributed by atoms with Crippen LogP contribution in [0.5, 0.6) is 11.5 Å². The minimum atomic E-state index is -0.486. The lowest BCUT2D eigenvalue weighted by atomic mass is 10.0. The van der Waals surface area contributed by atoms with Gasteiger partial charge >= 0.3 is 11.9 Å². The minimum Gasteiger partial charge on any atom is -0.508 e. The zero-order chi connectivity index (χ0) is 35.0. The standard InChI is InChI=1S/C19H29NO4.C17H24FNO4/c1-18(2,3)24-17(22)10-11-20-12-16(23-19(4,5)13-20)14-6-8-15(21)9-7-14;1-17(2,3)23-16(21)6-7-19-8-9-22-15(11-19)13-5-4-12(20)10-14(13)18/h6-9,16,21H,10-13H2,1-5H3;4-5,10,15,20H,6-9,11H2,1-3H3. The summed E-state index contributed by atoms with van der Waals surface area (Å²) in [7, 11) is 0. The van der Waals surface area contributed by atoms with Gasteiger partial charge in [-0.15, -0.1) is 0 Å². The molecule has 2 atom stereocenters. The van der Waals surface area contributed by atoms with Gasteiger partial charge in [-0.3, -0.25) is 19.4 Å². The monoisotopic (exact) mass is 660 g/mol. The largest absolute Gasteiger partial charge is 0.508 e. The Morgan fingerprint density at radius 3 is 1.94 bits per heavy atom. The maximum Gasteiger partial charge on any atom is 0.307 e. The van der Waals surface area contributed by atoms with E-state index in [-0.39, 0.29) is 35.1 Å². The SMILES string of the molecule is CC(C)(C)OC(=O)CCN1CC(c2ccc(O)cc2)OC(C)(C)C1.CC(C)(C)OC(=O)CCN1CCOC(c2ccc(O)cc2F)C1. The van der Waals surface area contributed by atoms with Gasteiger partial charge in [-0.2, -0.15) is 0 Å². The number of esters is 2. The zero-order valence-corrected chi connectivity index (χ0v) is 29.2. The van der Waals surface area contributed by atoms with Crippen LogP contribution in [-0.2, 0) is 28.5 Å². The summed E-state index contributed by atoms with van der Waals surface area (Å²) in [6, 6.07) is 11.2. The van der Waals surface area contributed by atoms with Gasteiger partial charge in [0, 0.05) is 50.9 Å². The van der Waals surface area contributed by atoms with Crippen molar-refractivity contribution < 1.29 is 43.1 Å². The van der Waals surface area contributed by atoms with Crippen LogP contribution in [0.15, 0.2) is 42.5 Å². The Morgan fingerprint density at radius 1 is 0.851 bits per heavy atom. The Morgan fingerprint density at radius 2 is 1.38 bits per heavy atom. The Labute approximate surface area is 278 Å². The van der Waals surface area contributed by atoms with Gasteiger partial charge in [0.2, 0.25) is 0 Å². The Hall–Kier alpha value is -3.25. The first-order chi connectivity index (χ1) is 21.8. The lowest BCUT2D eigenvalue weighted by Gasteiger charge is -2.43. The van der Waals surface area contributed by atoms with Crippen molar-refractivity contribution in [2.45, 2.75) is 97.2 Å². The van der Waals surface area contributed by atoms with Crippen molar-refractivity contribution in [2.24, 2.45) is 0 Å². The number of nitrogens with zero attached hydrogens (tertiary/aromatic N) is 2. The van der Waals surface area contributed by atoms with E-state index in [1.165, 1.54) is 12.1 Å². The number of morpholine rings is 2. The molecule has 2 aliphatic heterocycles. The molecule has 262 valence electrons. The van der Waals surface area contributed by atoms with E-state index in [2.05, 4.69) is 23.6 Å². The van der Waals surface area contributed by atoms with Crippen LogP contribution in [0.3, 0.4) is 0 Å². The van der Waals surface area contributed by atoms with E-state index in [9.17, 15) is 24.2 Å². The second-order valence-electron chi connectivity index (χ2n) is 14.7. The maximum absolute atomic E-state index is 13.9. The molecule has 2 unspecified atom stereocenters. The van der Waals surface area contributed by atoms with Crippen molar-refractivity contribution in [3.05, 3.63) is 59.4 Å². The van der Waals surface area contributed by atoms with Gasteiger partial charge in [0.05, 0.1) is 37.3 Å². The molecule has 2 aromatic rings. The summed E-state index contributed by atoms with van der Waals surface area (Å²) in [5.41, 5.74) is 0.220. The maximum atomic E-state index is 13.9. The smallest absolute Gasteiger partial charge is 0.307 e. The van der Waals surface area contributed by atoms with E-state index in [4.69, 9.17) is 18.9 Å². The topological polar surface area (TPSA) is 118 Å². The Balaban J connectivity index is 0.000000256. The first-order valence-corrected chi connectivity index (χ1v) is 16.2. The lowest BCUT2D eigenvalue weighted by molar-refractivity contribution is -0.159. The summed E-state index contributed by atoms with van der Waals surface area (Å²) in [4.78, 5) is 28.0. The normalized spacial score (nSPS) is 20.5. The molecular formula is C36H53FN2O8. The third kappa shape index (κ3) is 13.8. The molecule has 0 amide bonds. The number of carbonyl (C=O) groups is 2. The number of hydrogen-bond acceptors (Lipinski definition) is 10. The van der Waals surface area contributed by atoms with Gasteiger partial charge < -0.3 is 29.2 Å². The van der Waals surface area contributed by atoms with E-state index in [1.807, 2.05) is 53.7 Å². The molecule has 2 saturated heterocycles. The van der Waals surface area contributed by atoms with Gasteiger partial charge in [0.1, 0.15) is 28.5 Å². The van der Waals surface area contributed by atoms with Gasteiger partial charge in [0.15, 0.2) is 0 Å². The Bertz CT molecular complexity index is 1320. The lowest BCUT2D eigenvalue weighted by Crippen LogP contribution is -2.50. The fourth-order valence-corrected chi connectivity index (χ4v) is 5.48. The molecule has 11 heteroatoms. The molecule has 2 N–H and O–H groups in total.